The molecule has 0 aliphatic heterocycles. The van der Waals surface area contributed by atoms with E-state index in [-0.39, 0.29) is 24.2 Å². The minimum absolute atomic E-state index is 0.0320. The standard InChI is InChI=1S/C14H22N4O4/c1-9-14(18(21)22)10(2)17(16-9)8-13(20)15-7-11-4-3-5-12(19)6-11/h11-12,19H,3-8H2,1-2H3,(H,15,20). The Hall–Kier alpha value is -1.96. The molecule has 0 aromatic carbocycles. The van der Waals surface area contributed by atoms with Gasteiger partial charge in [-0.3, -0.25) is 19.6 Å². The number of amides is 1. The van der Waals surface area contributed by atoms with Crippen molar-refractivity contribution >= 4 is 11.6 Å². The quantitative estimate of drug-likeness (QED) is 0.624. The third-order valence-corrected chi connectivity index (χ3v) is 4.16. The lowest BCUT2D eigenvalue weighted by Gasteiger charge is -2.25. The molecule has 8 nitrogen and oxygen atoms in total. The van der Waals surface area contributed by atoms with Gasteiger partial charge in [-0.1, -0.05) is 6.42 Å². The minimum atomic E-state index is -0.477. The molecule has 0 bridgehead atoms. The lowest BCUT2D eigenvalue weighted by molar-refractivity contribution is -0.386. The zero-order valence-electron chi connectivity index (χ0n) is 12.9. The summed E-state index contributed by atoms with van der Waals surface area (Å²) in [6.07, 6.45) is 3.26. The van der Waals surface area contributed by atoms with E-state index in [1.807, 2.05) is 0 Å². The number of aliphatic hydroxyl groups excluding tert-OH is 1. The second kappa shape index (κ2) is 6.87. The Morgan fingerprint density at radius 1 is 1.50 bits per heavy atom. The summed E-state index contributed by atoms with van der Waals surface area (Å²) in [4.78, 5) is 22.4. The van der Waals surface area contributed by atoms with Gasteiger partial charge in [-0.05, 0) is 39.0 Å². The number of rotatable bonds is 5. The minimum Gasteiger partial charge on any atom is -0.393 e. The van der Waals surface area contributed by atoms with Crippen LogP contribution in [0.25, 0.3) is 0 Å². The van der Waals surface area contributed by atoms with Crippen molar-refractivity contribution in [2.45, 2.75) is 52.2 Å². The van der Waals surface area contributed by atoms with Crippen LogP contribution in [-0.4, -0.2) is 38.4 Å². The highest BCUT2D eigenvalue weighted by Gasteiger charge is 2.24. The van der Waals surface area contributed by atoms with Crippen molar-refractivity contribution in [2.24, 2.45) is 5.92 Å². The summed E-state index contributed by atoms with van der Waals surface area (Å²) in [7, 11) is 0. The lowest BCUT2D eigenvalue weighted by atomic mass is 9.87. The van der Waals surface area contributed by atoms with E-state index in [1.165, 1.54) is 4.68 Å². The molecule has 8 heteroatoms. The van der Waals surface area contributed by atoms with Gasteiger partial charge in [-0.25, -0.2) is 0 Å². The summed E-state index contributed by atoms with van der Waals surface area (Å²) >= 11 is 0. The summed E-state index contributed by atoms with van der Waals surface area (Å²) in [5.41, 5.74) is 0.652. The molecule has 0 radical (unpaired) electrons. The maximum absolute atomic E-state index is 12.0. The summed E-state index contributed by atoms with van der Waals surface area (Å²) < 4.78 is 1.36. The van der Waals surface area contributed by atoms with E-state index in [0.717, 1.165) is 19.3 Å². The Labute approximate surface area is 128 Å². The van der Waals surface area contributed by atoms with Gasteiger partial charge in [0, 0.05) is 6.54 Å². The van der Waals surface area contributed by atoms with Gasteiger partial charge in [0.2, 0.25) is 5.91 Å². The second-order valence-electron chi connectivity index (χ2n) is 5.92. The van der Waals surface area contributed by atoms with Crippen molar-refractivity contribution < 1.29 is 14.8 Å². The van der Waals surface area contributed by atoms with E-state index in [2.05, 4.69) is 10.4 Å². The molecule has 2 unspecified atom stereocenters. The molecule has 2 N–H and O–H groups in total. The van der Waals surface area contributed by atoms with Crippen molar-refractivity contribution in [2.75, 3.05) is 6.54 Å². The van der Waals surface area contributed by atoms with Crippen molar-refractivity contribution in [3.63, 3.8) is 0 Å². The third kappa shape index (κ3) is 3.82. The molecule has 0 spiro atoms. The number of hydrogen-bond acceptors (Lipinski definition) is 5. The average Bonchev–Trinajstić information content (AvgIpc) is 2.71. The normalized spacial score (nSPS) is 21.6. The highest BCUT2D eigenvalue weighted by atomic mass is 16.6. The summed E-state index contributed by atoms with van der Waals surface area (Å²) in [6, 6.07) is 0. The molecule has 1 amide bonds. The van der Waals surface area contributed by atoms with Gasteiger partial charge >= 0.3 is 5.69 Å². The smallest absolute Gasteiger partial charge is 0.312 e. The molecule has 1 heterocycles. The number of nitro groups is 1. The van der Waals surface area contributed by atoms with Gasteiger partial charge in [-0.2, -0.15) is 5.10 Å². The Morgan fingerprint density at radius 2 is 2.23 bits per heavy atom. The van der Waals surface area contributed by atoms with Crippen LogP contribution in [0.5, 0.6) is 0 Å². The Kier molecular flexibility index (Phi) is 5.12. The first-order valence-corrected chi connectivity index (χ1v) is 7.51. The van der Waals surface area contributed by atoms with Crippen LogP contribution in [-0.2, 0) is 11.3 Å². The summed E-state index contributed by atoms with van der Waals surface area (Å²) in [6.45, 7) is 3.64. The molecule has 1 aromatic rings. The molecular weight excluding hydrogens is 288 g/mol. The number of aliphatic hydroxyl groups is 1. The maximum Gasteiger partial charge on any atom is 0.312 e. The molecule has 1 fully saturated rings. The lowest BCUT2D eigenvalue weighted by Crippen LogP contribution is -2.35. The number of nitrogens with one attached hydrogen (secondary N) is 1. The zero-order chi connectivity index (χ0) is 16.3. The van der Waals surface area contributed by atoms with Crippen molar-refractivity contribution in [3.8, 4) is 0 Å². The van der Waals surface area contributed by atoms with E-state index >= 15 is 0 Å². The molecule has 1 saturated carbocycles. The largest absolute Gasteiger partial charge is 0.393 e. The number of aromatic nitrogens is 2. The number of carbonyl (C=O) groups is 1. The molecule has 1 aliphatic carbocycles. The topological polar surface area (TPSA) is 110 Å². The van der Waals surface area contributed by atoms with E-state index in [1.54, 1.807) is 13.8 Å². The SMILES string of the molecule is Cc1nn(CC(=O)NCC2CCCC(O)C2)c(C)c1[N+](=O)[O-]. The molecule has 1 aromatic heterocycles. The predicted molar refractivity (Wildman–Crippen MR) is 79.3 cm³/mol. The zero-order valence-corrected chi connectivity index (χ0v) is 12.9. The van der Waals surface area contributed by atoms with Crippen LogP contribution in [0.4, 0.5) is 5.69 Å². The molecular formula is C14H22N4O4. The predicted octanol–water partition coefficient (Wildman–Crippen LogP) is 1.08. The fraction of sp³-hybridized carbons (Fsp3) is 0.714. The summed E-state index contributed by atoms with van der Waals surface area (Å²) in [5, 5.41) is 27.4. The van der Waals surface area contributed by atoms with Crippen LogP contribution in [0.1, 0.15) is 37.1 Å². The van der Waals surface area contributed by atoms with Crippen LogP contribution >= 0.6 is 0 Å². The Balaban J connectivity index is 1.90. The molecule has 2 atom stereocenters. The van der Waals surface area contributed by atoms with Gasteiger partial charge in [-0.15, -0.1) is 0 Å². The molecule has 1 aliphatic rings. The van der Waals surface area contributed by atoms with E-state index in [9.17, 15) is 20.0 Å². The number of carbonyl (C=O) groups excluding carboxylic acids is 1. The number of hydrogen-bond donors (Lipinski definition) is 2. The fourth-order valence-corrected chi connectivity index (χ4v) is 3.00. The third-order valence-electron chi connectivity index (χ3n) is 4.16. The Bertz CT molecular complexity index is 569. The van der Waals surface area contributed by atoms with Gasteiger partial charge in [0.15, 0.2) is 0 Å². The fourth-order valence-electron chi connectivity index (χ4n) is 3.00. The second-order valence-corrected chi connectivity index (χ2v) is 5.92. The monoisotopic (exact) mass is 310 g/mol. The summed E-state index contributed by atoms with van der Waals surface area (Å²) in [5.74, 6) is 0.0723. The van der Waals surface area contributed by atoms with Gasteiger partial charge in [0.25, 0.3) is 0 Å². The maximum atomic E-state index is 12.0. The van der Waals surface area contributed by atoms with Crippen LogP contribution < -0.4 is 5.32 Å². The van der Waals surface area contributed by atoms with Crippen molar-refractivity contribution in [3.05, 3.63) is 21.5 Å². The first-order chi connectivity index (χ1) is 10.4. The molecule has 0 saturated heterocycles. The Morgan fingerprint density at radius 3 is 2.82 bits per heavy atom. The van der Waals surface area contributed by atoms with E-state index in [4.69, 9.17) is 0 Å². The number of nitrogens with zero attached hydrogens (tertiary/aromatic N) is 3. The van der Waals surface area contributed by atoms with Gasteiger partial charge < -0.3 is 10.4 Å². The van der Waals surface area contributed by atoms with Gasteiger partial charge in [0.1, 0.15) is 17.9 Å². The van der Waals surface area contributed by atoms with Crippen LogP contribution in [0.15, 0.2) is 0 Å². The highest BCUT2D eigenvalue weighted by molar-refractivity contribution is 5.75. The van der Waals surface area contributed by atoms with Gasteiger partial charge in [0.05, 0.1) is 11.0 Å². The van der Waals surface area contributed by atoms with E-state index < -0.39 is 4.92 Å². The highest BCUT2D eigenvalue weighted by Crippen LogP contribution is 2.24. The van der Waals surface area contributed by atoms with Crippen molar-refractivity contribution in [1.29, 1.82) is 0 Å². The number of aryl methyl sites for hydroxylation is 1. The van der Waals surface area contributed by atoms with Crippen LogP contribution in [0, 0.1) is 29.9 Å². The van der Waals surface area contributed by atoms with Crippen LogP contribution in [0.3, 0.4) is 0 Å². The van der Waals surface area contributed by atoms with Crippen molar-refractivity contribution in [1.82, 2.24) is 15.1 Å². The molecule has 22 heavy (non-hydrogen) atoms. The average molecular weight is 310 g/mol. The van der Waals surface area contributed by atoms with Crippen LogP contribution in [0.2, 0.25) is 0 Å². The van der Waals surface area contributed by atoms with E-state index in [0.29, 0.717) is 30.3 Å². The first-order valence-electron chi connectivity index (χ1n) is 7.51. The first kappa shape index (κ1) is 16.4. The molecule has 2 rings (SSSR count). The molecule has 122 valence electrons.